The molecule has 0 spiro atoms. The van der Waals surface area contributed by atoms with Crippen LogP contribution in [0.2, 0.25) is 10.0 Å². The molecule has 0 unspecified atom stereocenters. The van der Waals surface area contributed by atoms with E-state index >= 15 is 0 Å². The molecular formula is C14H16Cl2O3. The first-order chi connectivity index (χ1) is 9.16. The molecule has 19 heavy (non-hydrogen) atoms. The summed E-state index contributed by atoms with van der Waals surface area (Å²) in [6.07, 6.45) is 1.98. The molecule has 0 bridgehead atoms. The van der Waals surface area contributed by atoms with Gasteiger partial charge >= 0.3 is 0 Å². The molecule has 1 aromatic carbocycles. The van der Waals surface area contributed by atoms with Crippen LogP contribution in [0.1, 0.15) is 23.2 Å². The third-order valence-electron chi connectivity index (χ3n) is 3.16. The first kappa shape index (κ1) is 14.8. The monoisotopic (exact) mass is 302 g/mol. The van der Waals surface area contributed by atoms with E-state index in [1.807, 2.05) is 0 Å². The van der Waals surface area contributed by atoms with Gasteiger partial charge in [-0.2, -0.15) is 0 Å². The molecule has 0 saturated carbocycles. The van der Waals surface area contributed by atoms with Crippen molar-refractivity contribution in [3.63, 3.8) is 0 Å². The van der Waals surface area contributed by atoms with Gasteiger partial charge in [-0.15, -0.1) is 0 Å². The van der Waals surface area contributed by atoms with E-state index in [0.29, 0.717) is 28.1 Å². The van der Waals surface area contributed by atoms with Crippen molar-refractivity contribution in [1.82, 2.24) is 0 Å². The minimum absolute atomic E-state index is 0.0391. The molecule has 0 atom stereocenters. The number of hydrogen-bond donors (Lipinski definition) is 0. The normalized spacial score (nSPS) is 16.5. The fourth-order valence-electron chi connectivity index (χ4n) is 2.02. The van der Waals surface area contributed by atoms with Crippen LogP contribution in [0, 0.1) is 5.92 Å². The van der Waals surface area contributed by atoms with Crippen LogP contribution in [0.15, 0.2) is 18.2 Å². The molecule has 0 N–H and O–H groups in total. The fourth-order valence-corrected chi connectivity index (χ4v) is 2.42. The number of halogens is 2. The maximum atomic E-state index is 12.0. The summed E-state index contributed by atoms with van der Waals surface area (Å²) in [7, 11) is 0. The molecule has 1 heterocycles. The first-order valence-electron chi connectivity index (χ1n) is 6.30. The molecule has 1 saturated heterocycles. The first-order valence-corrected chi connectivity index (χ1v) is 7.06. The Morgan fingerprint density at radius 1 is 1.32 bits per heavy atom. The van der Waals surface area contributed by atoms with Crippen molar-refractivity contribution in [3.8, 4) is 0 Å². The lowest BCUT2D eigenvalue weighted by molar-refractivity contribution is 0.0216. The molecule has 0 amide bonds. The van der Waals surface area contributed by atoms with Crippen molar-refractivity contribution in [1.29, 1.82) is 0 Å². The molecule has 1 aliphatic heterocycles. The predicted molar refractivity (Wildman–Crippen MR) is 75.2 cm³/mol. The summed E-state index contributed by atoms with van der Waals surface area (Å²) in [6, 6.07) is 4.85. The second-order valence-electron chi connectivity index (χ2n) is 4.62. The van der Waals surface area contributed by atoms with Crippen LogP contribution in [0.4, 0.5) is 0 Å². The highest BCUT2D eigenvalue weighted by Crippen LogP contribution is 2.21. The minimum atomic E-state index is -0.139. The van der Waals surface area contributed by atoms with Crippen LogP contribution < -0.4 is 0 Å². The molecule has 0 radical (unpaired) electrons. The molecule has 1 aromatic rings. The number of hydrogen-bond acceptors (Lipinski definition) is 3. The second-order valence-corrected chi connectivity index (χ2v) is 5.46. The number of ketones is 1. The molecule has 0 aromatic heterocycles. The number of Topliss-reactive ketones (excluding diaryl/α,β-unsaturated/α-hetero) is 1. The van der Waals surface area contributed by atoms with Crippen molar-refractivity contribution in [2.75, 3.05) is 26.4 Å². The molecule has 3 nitrogen and oxygen atoms in total. The van der Waals surface area contributed by atoms with Gasteiger partial charge in [-0.05, 0) is 37.0 Å². The summed E-state index contributed by atoms with van der Waals surface area (Å²) in [4.78, 5) is 12.0. The molecule has 104 valence electrons. The molecule has 5 heteroatoms. The lowest BCUT2D eigenvalue weighted by Crippen LogP contribution is -2.22. The third kappa shape index (κ3) is 4.46. The summed E-state index contributed by atoms with van der Waals surface area (Å²) in [5.74, 6) is 0.343. The SMILES string of the molecule is O=C(COCC1CCOCC1)c1cc(Cl)ccc1Cl. The van der Waals surface area contributed by atoms with Crippen LogP contribution in [-0.4, -0.2) is 32.2 Å². The van der Waals surface area contributed by atoms with Gasteiger partial charge in [0.15, 0.2) is 5.78 Å². The highest BCUT2D eigenvalue weighted by Gasteiger charge is 2.16. The van der Waals surface area contributed by atoms with Crippen molar-refractivity contribution < 1.29 is 14.3 Å². The standard InChI is InChI=1S/C14H16Cl2O3/c15-11-1-2-13(16)12(7-11)14(17)9-19-8-10-3-5-18-6-4-10/h1-2,7,10H,3-6,8-9H2. The Kier molecular flexibility index (Phi) is 5.64. The Morgan fingerprint density at radius 2 is 2.05 bits per heavy atom. The van der Waals surface area contributed by atoms with Gasteiger partial charge in [0.05, 0.1) is 11.6 Å². The van der Waals surface area contributed by atoms with E-state index in [2.05, 4.69) is 0 Å². The predicted octanol–water partition coefficient (Wildman–Crippen LogP) is 3.62. The molecule has 1 aliphatic rings. The smallest absolute Gasteiger partial charge is 0.190 e. The maximum Gasteiger partial charge on any atom is 0.190 e. The van der Waals surface area contributed by atoms with Gasteiger partial charge in [0.2, 0.25) is 0 Å². The average Bonchev–Trinajstić information content (AvgIpc) is 2.42. The number of ether oxygens (including phenoxy) is 2. The highest BCUT2D eigenvalue weighted by atomic mass is 35.5. The number of carbonyl (C=O) groups excluding carboxylic acids is 1. The van der Waals surface area contributed by atoms with Crippen LogP contribution in [0.3, 0.4) is 0 Å². The van der Waals surface area contributed by atoms with E-state index in [0.717, 1.165) is 26.1 Å². The van der Waals surface area contributed by atoms with E-state index in [9.17, 15) is 4.79 Å². The van der Waals surface area contributed by atoms with Crippen LogP contribution in [-0.2, 0) is 9.47 Å². The molecular weight excluding hydrogens is 287 g/mol. The van der Waals surface area contributed by atoms with E-state index in [1.54, 1.807) is 18.2 Å². The Bertz CT molecular complexity index is 442. The van der Waals surface area contributed by atoms with Crippen LogP contribution >= 0.6 is 23.2 Å². The van der Waals surface area contributed by atoms with E-state index in [4.69, 9.17) is 32.7 Å². The Labute approximate surface area is 122 Å². The van der Waals surface area contributed by atoms with Gasteiger partial charge in [0, 0.05) is 23.8 Å². The summed E-state index contributed by atoms with van der Waals surface area (Å²) in [6.45, 7) is 2.19. The maximum absolute atomic E-state index is 12.0. The Morgan fingerprint density at radius 3 is 2.79 bits per heavy atom. The van der Waals surface area contributed by atoms with Gasteiger partial charge < -0.3 is 9.47 Å². The Balaban J connectivity index is 1.82. The van der Waals surface area contributed by atoms with Gasteiger partial charge in [-0.1, -0.05) is 23.2 Å². The van der Waals surface area contributed by atoms with E-state index in [1.165, 1.54) is 0 Å². The zero-order chi connectivity index (χ0) is 13.7. The minimum Gasteiger partial charge on any atom is -0.381 e. The zero-order valence-electron chi connectivity index (χ0n) is 10.5. The number of benzene rings is 1. The summed E-state index contributed by atoms with van der Waals surface area (Å²) in [5, 5.41) is 0.904. The molecule has 0 aliphatic carbocycles. The largest absolute Gasteiger partial charge is 0.381 e. The van der Waals surface area contributed by atoms with Crippen molar-refractivity contribution in [3.05, 3.63) is 33.8 Å². The molecule has 2 rings (SSSR count). The van der Waals surface area contributed by atoms with Gasteiger partial charge in [-0.3, -0.25) is 4.79 Å². The summed E-state index contributed by atoms with van der Waals surface area (Å²) in [5.41, 5.74) is 0.418. The van der Waals surface area contributed by atoms with Crippen molar-refractivity contribution in [2.24, 2.45) is 5.92 Å². The van der Waals surface area contributed by atoms with Gasteiger partial charge in [0.1, 0.15) is 6.61 Å². The average molecular weight is 303 g/mol. The topological polar surface area (TPSA) is 35.5 Å². The van der Waals surface area contributed by atoms with Crippen molar-refractivity contribution >= 4 is 29.0 Å². The fraction of sp³-hybridized carbons (Fsp3) is 0.500. The highest BCUT2D eigenvalue weighted by molar-refractivity contribution is 6.35. The Hall–Kier alpha value is -0.610. The quantitative estimate of drug-likeness (QED) is 0.779. The van der Waals surface area contributed by atoms with Crippen molar-refractivity contribution in [2.45, 2.75) is 12.8 Å². The zero-order valence-corrected chi connectivity index (χ0v) is 12.0. The number of rotatable bonds is 5. The van der Waals surface area contributed by atoms with Gasteiger partial charge in [0.25, 0.3) is 0 Å². The lowest BCUT2D eigenvalue weighted by Gasteiger charge is -2.21. The summed E-state index contributed by atoms with van der Waals surface area (Å²) < 4.78 is 10.7. The summed E-state index contributed by atoms with van der Waals surface area (Å²) >= 11 is 11.8. The third-order valence-corrected chi connectivity index (χ3v) is 3.72. The lowest BCUT2D eigenvalue weighted by atomic mass is 10.0. The molecule has 1 fully saturated rings. The van der Waals surface area contributed by atoms with Crippen LogP contribution in [0.25, 0.3) is 0 Å². The van der Waals surface area contributed by atoms with E-state index < -0.39 is 0 Å². The van der Waals surface area contributed by atoms with E-state index in [-0.39, 0.29) is 12.4 Å². The van der Waals surface area contributed by atoms with Gasteiger partial charge in [-0.25, -0.2) is 0 Å². The number of carbonyl (C=O) groups is 1. The second kappa shape index (κ2) is 7.25. The van der Waals surface area contributed by atoms with Crippen LogP contribution in [0.5, 0.6) is 0 Å².